The summed E-state index contributed by atoms with van der Waals surface area (Å²) in [6.45, 7) is 0. The highest BCUT2D eigenvalue weighted by Gasteiger charge is 2.47. The van der Waals surface area contributed by atoms with Gasteiger partial charge in [0.25, 0.3) is 0 Å². The molecule has 0 amide bonds. The molecule has 1 saturated heterocycles. The van der Waals surface area contributed by atoms with E-state index in [1.165, 1.54) is 18.0 Å². The Labute approximate surface area is 154 Å². The number of aliphatic hydroxyl groups is 1. The van der Waals surface area contributed by atoms with Crippen LogP contribution in [0.1, 0.15) is 38.3 Å². The smallest absolute Gasteiger partial charge is 0.312 e. The van der Waals surface area contributed by atoms with E-state index in [1.54, 1.807) is 0 Å². The predicted octanol–water partition coefficient (Wildman–Crippen LogP) is 0.933. The number of methoxy groups -OCH3 is 1. The maximum atomic E-state index is 13.5. The Kier molecular flexibility index (Phi) is 5.25. The quantitative estimate of drug-likeness (QED) is 0.330. The highest BCUT2D eigenvalue weighted by atomic mass is 19.1. The van der Waals surface area contributed by atoms with Crippen molar-refractivity contribution < 1.29 is 23.8 Å². The minimum absolute atomic E-state index is 0.0826. The molecule has 3 heterocycles. The van der Waals surface area contributed by atoms with Crippen LogP contribution in [0.3, 0.4) is 0 Å². The molecule has 1 aliphatic heterocycles. The van der Waals surface area contributed by atoms with Crippen LogP contribution in [0, 0.1) is 18.4 Å². The van der Waals surface area contributed by atoms with Crippen molar-refractivity contribution in [3.63, 3.8) is 0 Å². The molecule has 0 aliphatic carbocycles. The number of imidazole rings is 1. The van der Waals surface area contributed by atoms with Gasteiger partial charge in [0.1, 0.15) is 6.23 Å². The molecule has 1 aliphatic rings. The average Bonchev–Trinajstić information content (AvgIpc) is 3.20. The molecule has 0 radical (unpaired) electrons. The third-order valence-corrected chi connectivity index (χ3v) is 4.69. The molecule has 0 bridgehead atoms. The van der Waals surface area contributed by atoms with Crippen LogP contribution in [-0.4, -0.2) is 49.4 Å². The Morgan fingerprint density at radius 1 is 1.59 bits per heavy atom. The zero-order valence-electron chi connectivity index (χ0n) is 14.8. The second-order valence-corrected chi connectivity index (χ2v) is 6.34. The van der Waals surface area contributed by atoms with Gasteiger partial charge in [-0.25, -0.2) is 4.98 Å². The lowest BCUT2D eigenvalue weighted by Crippen LogP contribution is -2.37. The Balaban J connectivity index is 1.77. The molecule has 2 aromatic rings. The van der Waals surface area contributed by atoms with Crippen molar-refractivity contribution in [1.82, 2.24) is 19.5 Å². The third kappa shape index (κ3) is 3.56. The number of carbonyl (C=O) groups is 1. The Morgan fingerprint density at radius 3 is 3.07 bits per heavy atom. The van der Waals surface area contributed by atoms with Gasteiger partial charge in [0.15, 0.2) is 22.6 Å². The Morgan fingerprint density at radius 2 is 2.37 bits per heavy atom. The molecule has 144 valence electrons. The van der Waals surface area contributed by atoms with E-state index in [1.807, 2.05) is 0 Å². The largest absolute Gasteiger partial charge is 0.469 e. The highest BCUT2D eigenvalue weighted by Crippen LogP contribution is 2.40. The SMILES string of the molecule is C#C[C@@]1(CCCCC(=O)OC)O[C@@H](n2cnc3c(N)nc(F)nc32)C[C@@H]1O. The first kappa shape index (κ1) is 19.0. The fourth-order valence-corrected chi connectivity index (χ4v) is 3.23. The lowest BCUT2D eigenvalue weighted by atomic mass is 9.91. The van der Waals surface area contributed by atoms with Gasteiger partial charge in [0.2, 0.25) is 0 Å². The molecule has 0 unspecified atom stereocenters. The first-order chi connectivity index (χ1) is 12.9. The van der Waals surface area contributed by atoms with E-state index in [4.69, 9.17) is 16.9 Å². The van der Waals surface area contributed by atoms with Crippen LogP contribution in [0.15, 0.2) is 6.33 Å². The second-order valence-electron chi connectivity index (χ2n) is 6.34. The van der Waals surface area contributed by atoms with Crippen LogP contribution in [0.5, 0.6) is 0 Å². The summed E-state index contributed by atoms with van der Waals surface area (Å²) in [5.41, 5.74) is 4.86. The van der Waals surface area contributed by atoms with Crippen LogP contribution in [0.4, 0.5) is 10.2 Å². The fraction of sp³-hybridized carbons (Fsp3) is 0.529. The lowest BCUT2D eigenvalue weighted by molar-refractivity contribution is -0.140. The lowest BCUT2D eigenvalue weighted by Gasteiger charge is -2.26. The van der Waals surface area contributed by atoms with Crippen molar-refractivity contribution >= 4 is 23.0 Å². The van der Waals surface area contributed by atoms with E-state index in [0.29, 0.717) is 19.3 Å². The molecule has 0 spiro atoms. The van der Waals surface area contributed by atoms with Crippen LogP contribution in [0.2, 0.25) is 0 Å². The monoisotopic (exact) mass is 377 g/mol. The Hall–Kier alpha value is -2.77. The van der Waals surface area contributed by atoms with Crippen molar-refractivity contribution in [2.45, 2.75) is 50.0 Å². The fourth-order valence-electron chi connectivity index (χ4n) is 3.23. The zero-order chi connectivity index (χ0) is 19.6. The first-order valence-corrected chi connectivity index (χ1v) is 8.46. The number of aromatic nitrogens is 4. The summed E-state index contributed by atoms with van der Waals surface area (Å²) in [5, 5.41) is 10.5. The zero-order valence-corrected chi connectivity index (χ0v) is 14.8. The van der Waals surface area contributed by atoms with Crippen LogP contribution < -0.4 is 5.73 Å². The average molecular weight is 377 g/mol. The summed E-state index contributed by atoms with van der Waals surface area (Å²) in [5.74, 6) is 2.15. The van der Waals surface area contributed by atoms with Crippen LogP contribution in [0.25, 0.3) is 11.2 Å². The van der Waals surface area contributed by atoms with Gasteiger partial charge in [-0.3, -0.25) is 9.36 Å². The van der Waals surface area contributed by atoms with E-state index in [-0.39, 0.29) is 35.8 Å². The molecule has 3 rings (SSSR count). The van der Waals surface area contributed by atoms with Gasteiger partial charge in [0, 0.05) is 12.8 Å². The standard InChI is InChI=1S/C17H20FN5O4/c1-3-17(7-5-4-6-12(25)26-2)10(24)8-11(27-17)23-9-20-13-14(19)21-16(18)22-15(13)23/h1,9-11,24H,4-8H2,2H3,(H2,19,21,22)/t10-,11+,17-/m0/s1. The minimum Gasteiger partial charge on any atom is -0.469 e. The maximum Gasteiger partial charge on any atom is 0.312 e. The number of carbonyl (C=O) groups excluding carboxylic acids is 1. The summed E-state index contributed by atoms with van der Waals surface area (Å²) < 4.78 is 25.6. The molecule has 0 aromatic carbocycles. The maximum absolute atomic E-state index is 13.5. The number of terminal acetylenes is 1. The number of esters is 1. The molecular formula is C17H20FN5O4. The van der Waals surface area contributed by atoms with Crippen molar-refractivity contribution in [3.05, 3.63) is 12.4 Å². The summed E-state index contributed by atoms with van der Waals surface area (Å²) in [7, 11) is 1.33. The van der Waals surface area contributed by atoms with Gasteiger partial charge < -0.3 is 20.3 Å². The number of nitrogens with zero attached hydrogens (tertiary/aromatic N) is 4. The van der Waals surface area contributed by atoms with E-state index < -0.39 is 24.0 Å². The van der Waals surface area contributed by atoms with Gasteiger partial charge in [-0.15, -0.1) is 6.42 Å². The number of unbranched alkanes of at least 4 members (excludes halogenated alkanes) is 1. The van der Waals surface area contributed by atoms with Gasteiger partial charge in [0.05, 0.1) is 19.5 Å². The molecule has 1 fully saturated rings. The topological polar surface area (TPSA) is 125 Å². The number of fused-ring (bicyclic) bond motifs is 1. The van der Waals surface area contributed by atoms with E-state index >= 15 is 0 Å². The number of nitrogens with two attached hydrogens (primary N) is 1. The van der Waals surface area contributed by atoms with Gasteiger partial charge >= 0.3 is 12.0 Å². The minimum atomic E-state index is -1.21. The second kappa shape index (κ2) is 7.46. The first-order valence-electron chi connectivity index (χ1n) is 8.46. The number of ether oxygens (including phenoxy) is 2. The normalized spacial score (nSPS) is 24.8. The van der Waals surface area contributed by atoms with Crippen molar-refractivity contribution in [2.24, 2.45) is 0 Å². The molecular weight excluding hydrogens is 357 g/mol. The van der Waals surface area contributed by atoms with E-state index in [9.17, 15) is 14.3 Å². The molecule has 27 heavy (non-hydrogen) atoms. The Bertz CT molecular complexity index is 895. The van der Waals surface area contributed by atoms with Crippen LogP contribution >= 0.6 is 0 Å². The van der Waals surface area contributed by atoms with E-state index in [0.717, 1.165) is 0 Å². The van der Waals surface area contributed by atoms with Gasteiger partial charge in [-0.1, -0.05) is 5.92 Å². The van der Waals surface area contributed by atoms with Crippen LogP contribution in [-0.2, 0) is 14.3 Å². The predicted molar refractivity (Wildman–Crippen MR) is 92.5 cm³/mol. The van der Waals surface area contributed by atoms with Crippen molar-refractivity contribution in [2.75, 3.05) is 12.8 Å². The van der Waals surface area contributed by atoms with E-state index in [2.05, 4.69) is 25.6 Å². The van der Waals surface area contributed by atoms with Crippen molar-refractivity contribution in [1.29, 1.82) is 0 Å². The number of halogens is 1. The number of hydrogen-bond donors (Lipinski definition) is 2. The molecule has 9 nitrogen and oxygen atoms in total. The number of hydrogen-bond acceptors (Lipinski definition) is 8. The molecule has 3 N–H and O–H groups in total. The van der Waals surface area contributed by atoms with Crippen molar-refractivity contribution in [3.8, 4) is 12.3 Å². The van der Waals surface area contributed by atoms with Gasteiger partial charge in [-0.2, -0.15) is 14.4 Å². The number of aliphatic hydroxyl groups excluding tert-OH is 1. The third-order valence-electron chi connectivity index (χ3n) is 4.69. The summed E-state index contributed by atoms with van der Waals surface area (Å²) >= 11 is 0. The number of anilines is 1. The molecule has 0 saturated carbocycles. The number of nitrogen functional groups attached to an aromatic ring is 1. The number of rotatable bonds is 6. The molecule has 10 heteroatoms. The van der Waals surface area contributed by atoms with Gasteiger partial charge in [-0.05, 0) is 19.3 Å². The molecule has 2 aromatic heterocycles. The molecule has 3 atom stereocenters. The summed E-state index contributed by atoms with van der Waals surface area (Å²) in [4.78, 5) is 22.4. The highest BCUT2D eigenvalue weighted by molar-refractivity contribution is 5.81. The summed E-state index contributed by atoms with van der Waals surface area (Å²) in [6.07, 6.45) is 6.36. The summed E-state index contributed by atoms with van der Waals surface area (Å²) in [6, 6.07) is 0.